The van der Waals surface area contributed by atoms with Gasteiger partial charge in [0.25, 0.3) is 0 Å². The first-order valence-electron chi connectivity index (χ1n) is 12.9. The third kappa shape index (κ3) is 8.90. The van der Waals surface area contributed by atoms with Gasteiger partial charge in [0.15, 0.2) is 5.78 Å². The molecule has 0 radical (unpaired) electrons. The summed E-state index contributed by atoms with van der Waals surface area (Å²) in [6.45, 7) is 6.02. The Morgan fingerprint density at radius 3 is 2.36 bits per heavy atom. The number of benzene rings is 2. The number of halogens is 1. The van der Waals surface area contributed by atoms with E-state index in [0.717, 1.165) is 25.7 Å². The number of carboxylic acids is 1. The molecule has 210 valence electrons. The summed E-state index contributed by atoms with van der Waals surface area (Å²) in [6, 6.07) is 12.8. The van der Waals surface area contributed by atoms with E-state index < -0.39 is 5.97 Å². The number of aliphatic carboxylic acids is 1. The van der Waals surface area contributed by atoms with E-state index in [4.69, 9.17) is 20.3 Å². The first kappa shape index (κ1) is 29.8. The van der Waals surface area contributed by atoms with Gasteiger partial charge < -0.3 is 25.6 Å². The van der Waals surface area contributed by atoms with E-state index in [1.165, 1.54) is 35.1 Å². The van der Waals surface area contributed by atoms with Crippen molar-refractivity contribution in [1.29, 1.82) is 0 Å². The number of carbonyl (C=O) groups is 2. The Labute approximate surface area is 228 Å². The number of nitrogens with two attached hydrogens (primary N) is 1. The molecule has 2 aromatic carbocycles. The molecule has 4 rings (SSSR count). The summed E-state index contributed by atoms with van der Waals surface area (Å²) in [6.07, 6.45) is 4.66. The van der Waals surface area contributed by atoms with Gasteiger partial charge >= 0.3 is 5.97 Å². The molecule has 0 amide bonds. The van der Waals surface area contributed by atoms with Crippen molar-refractivity contribution in [1.82, 2.24) is 15.1 Å². The second kappa shape index (κ2) is 13.3. The van der Waals surface area contributed by atoms with Gasteiger partial charge in [0.1, 0.15) is 17.4 Å². The van der Waals surface area contributed by atoms with Gasteiger partial charge in [-0.15, -0.1) is 0 Å². The standard InChI is InChI=1S/C24H25FN4O4.C5H12O/c25-16-4-8-18(9-5-16)29-24(26)21(13-28-29)23(32)15-2-1-3-20(12-15)33-19-10-6-17(7-11-19)27-14-22(30)31;1-5(2,3)6-4/h1-5,8-9,12-13,17,19,27H,6-7,10-11,14,26H2,(H,30,31);1-4H3. The van der Waals surface area contributed by atoms with Crippen molar-refractivity contribution in [2.45, 2.75) is 64.2 Å². The second-order valence-corrected chi connectivity index (χ2v) is 10.4. The molecule has 3 aromatic rings. The molecule has 1 aromatic heterocycles. The molecule has 10 heteroatoms. The van der Waals surface area contributed by atoms with Crippen molar-refractivity contribution >= 4 is 17.6 Å². The predicted octanol–water partition coefficient (Wildman–Crippen LogP) is 4.62. The predicted molar refractivity (Wildman–Crippen MR) is 147 cm³/mol. The van der Waals surface area contributed by atoms with Crippen molar-refractivity contribution in [2.24, 2.45) is 0 Å². The van der Waals surface area contributed by atoms with E-state index in [1.807, 2.05) is 20.8 Å². The number of ether oxygens (including phenoxy) is 2. The number of hydrogen-bond acceptors (Lipinski definition) is 7. The Kier molecular flexibility index (Phi) is 10.2. The minimum absolute atomic E-state index is 0.00419. The SMILES string of the molecule is COC(C)(C)C.Nc1c(C(=O)c2cccc(OC3CCC(NCC(=O)O)CC3)c2)cnn1-c1ccc(F)cc1. The van der Waals surface area contributed by atoms with Gasteiger partial charge in [0.2, 0.25) is 0 Å². The zero-order valence-electron chi connectivity index (χ0n) is 22.8. The Hall–Kier alpha value is -3.76. The van der Waals surface area contributed by atoms with Crippen molar-refractivity contribution < 1.29 is 28.6 Å². The van der Waals surface area contributed by atoms with Crippen LogP contribution in [0.5, 0.6) is 5.75 Å². The molecule has 1 fully saturated rings. The first-order chi connectivity index (χ1) is 18.5. The van der Waals surface area contributed by atoms with Gasteiger partial charge in [-0.2, -0.15) is 5.10 Å². The van der Waals surface area contributed by atoms with Crippen LogP contribution < -0.4 is 15.8 Å². The fourth-order valence-electron chi connectivity index (χ4n) is 4.00. The van der Waals surface area contributed by atoms with Crippen LogP contribution in [0, 0.1) is 5.82 Å². The molecule has 1 aliphatic carbocycles. The summed E-state index contributed by atoms with van der Waals surface area (Å²) >= 11 is 0. The molecule has 1 aliphatic rings. The van der Waals surface area contributed by atoms with Crippen LogP contribution in [0.4, 0.5) is 10.2 Å². The number of methoxy groups -OCH3 is 1. The van der Waals surface area contributed by atoms with Crippen LogP contribution in [0.1, 0.15) is 62.4 Å². The summed E-state index contributed by atoms with van der Waals surface area (Å²) in [5, 5.41) is 16.0. The van der Waals surface area contributed by atoms with Crippen molar-refractivity contribution in [3.05, 3.63) is 71.7 Å². The molecule has 0 bridgehead atoms. The Balaban J connectivity index is 0.000000631. The maximum atomic E-state index is 13.2. The van der Waals surface area contributed by atoms with E-state index in [9.17, 15) is 14.0 Å². The van der Waals surface area contributed by atoms with Gasteiger partial charge in [-0.05, 0) is 82.9 Å². The minimum atomic E-state index is -0.862. The number of rotatable bonds is 8. The summed E-state index contributed by atoms with van der Waals surface area (Å²) < 4.78 is 25.6. The number of nitrogens with zero attached hydrogens (tertiary/aromatic N) is 2. The molecule has 1 heterocycles. The largest absolute Gasteiger partial charge is 0.490 e. The molecule has 39 heavy (non-hydrogen) atoms. The highest BCUT2D eigenvalue weighted by atomic mass is 19.1. The second-order valence-electron chi connectivity index (χ2n) is 10.4. The first-order valence-corrected chi connectivity index (χ1v) is 12.9. The van der Waals surface area contributed by atoms with Gasteiger partial charge in [-0.1, -0.05) is 12.1 Å². The zero-order valence-corrected chi connectivity index (χ0v) is 22.8. The summed E-state index contributed by atoms with van der Waals surface area (Å²) in [5.74, 6) is -0.758. The highest BCUT2D eigenvalue weighted by Crippen LogP contribution is 2.26. The number of aromatic nitrogens is 2. The van der Waals surface area contributed by atoms with E-state index >= 15 is 0 Å². The van der Waals surface area contributed by atoms with Gasteiger partial charge in [-0.25, -0.2) is 9.07 Å². The number of carboxylic acid groups (broad SMARTS) is 1. The molecule has 0 saturated heterocycles. The smallest absolute Gasteiger partial charge is 0.317 e. The van der Waals surface area contributed by atoms with Crippen LogP contribution in [-0.2, 0) is 9.53 Å². The average molecular weight is 541 g/mol. The minimum Gasteiger partial charge on any atom is -0.490 e. The third-order valence-corrected chi connectivity index (χ3v) is 6.35. The number of carbonyl (C=O) groups excluding carboxylic acids is 1. The topological polar surface area (TPSA) is 129 Å². The maximum absolute atomic E-state index is 13.2. The fourth-order valence-corrected chi connectivity index (χ4v) is 4.00. The highest BCUT2D eigenvalue weighted by Gasteiger charge is 2.23. The van der Waals surface area contributed by atoms with E-state index in [-0.39, 0.29) is 47.3 Å². The van der Waals surface area contributed by atoms with E-state index in [1.54, 1.807) is 31.4 Å². The Morgan fingerprint density at radius 2 is 1.77 bits per heavy atom. The molecule has 0 aliphatic heterocycles. The van der Waals surface area contributed by atoms with Crippen LogP contribution in [0.15, 0.2) is 54.7 Å². The lowest BCUT2D eigenvalue weighted by atomic mass is 9.93. The zero-order chi connectivity index (χ0) is 28.6. The molecule has 1 saturated carbocycles. The van der Waals surface area contributed by atoms with Crippen LogP contribution in [0.2, 0.25) is 0 Å². The summed E-state index contributed by atoms with van der Waals surface area (Å²) in [5.41, 5.74) is 7.44. The number of nitrogens with one attached hydrogen (secondary N) is 1. The number of nitrogen functional groups attached to an aromatic ring is 1. The molecule has 0 atom stereocenters. The fraction of sp³-hybridized carbons (Fsp3) is 0.414. The number of anilines is 1. The van der Waals surface area contributed by atoms with Crippen LogP contribution >= 0.6 is 0 Å². The average Bonchev–Trinajstić information content (AvgIpc) is 3.29. The lowest BCUT2D eigenvalue weighted by molar-refractivity contribution is -0.136. The lowest BCUT2D eigenvalue weighted by Gasteiger charge is -2.29. The molecular weight excluding hydrogens is 503 g/mol. The molecule has 9 nitrogen and oxygen atoms in total. The summed E-state index contributed by atoms with van der Waals surface area (Å²) in [7, 11) is 1.71. The van der Waals surface area contributed by atoms with Crippen molar-refractivity contribution in [3.8, 4) is 11.4 Å². The van der Waals surface area contributed by atoms with Crippen LogP contribution in [-0.4, -0.2) is 58.0 Å². The van der Waals surface area contributed by atoms with Gasteiger partial charge in [0, 0.05) is 18.7 Å². The highest BCUT2D eigenvalue weighted by molar-refractivity contribution is 6.11. The van der Waals surface area contributed by atoms with Crippen LogP contribution in [0.3, 0.4) is 0 Å². The Bertz CT molecular complexity index is 1250. The number of ketones is 1. The molecule has 4 N–H and O–H groups in total. The monoisotopic (exact) mass is 540 g/mol. The maximum Gasteiger partial charge on any atom is 0.317 e. The normalized spacial score (nSPS) is 17.2. The van der Waals surface area contributed by atoms with E-state index in [0.29, 0.717) is 17.0 Å². The Morgan fingerprint density at radius 1 is 1.13 bits per heavy atom. The molecule has 0 unspecified atom stereocenters. The van der Waals surface area contributed by atoms with Crippen molar-refractivity contribution in [3.63, 3.8) is 0 Å². The van der Waals surface area contributed by atoms with Gasteiger partial charge in [-0.3, -0.25) is 9.59 Å². The molecular formula is C29H37FN4O5. The summed E-state index contributed by atoms with van der Waals surface area (Å²) in [4.78, 5) is 23.8. The van der Waals surface area contributed by atoms with Crippen LogP contribution in [0.25, 0.3) is 5.69 Å². The lowest BCUT2D eigenvalue weighted by Crippen LogP contribution is -2.38. The molecule has 0 spiro atoms. The third-order valence-electron chi connectivity index (χ3n) is 6.35. The van der Waals surface area contributed by atoms with E-state index in [2.05, 4.69) is 10.4 Å². The quantitative estimate of drug-likeness (QED) is 0.353. The van der Waals surface area contributed by atoms with Crippen molar-refractivity contribution in [2.75, 3.05) is 19.4 Å². The van der Waals surface area contributed by atoms with Gasteiger partial charge in [0.05, 0.1) is 35.7 Å². The number of hydrogen-bond donors (Lipinski definition) is 3.